The number of hydrogen-bond donors (Lipinski definition) is 1. The van der Waals surface area contributed by atoms with Crippen LogP contribution in [0.15, 0.2) is 48.5 Å². The highest BCUT2D eigenvalue weighted by Crippen LogP contribution is 2.24. The summed E-state index contributed by atoms with van der Waals surface area (Å²) in [6.07, 6.45) is 0. The zero-order chi connectivity index (χ0) is 12.7. The quantitative estimate of drug-likeness (QED) is 0.531. The van der Waals surface area contributed by atoms with Crippen molar-refractivity contribution >= 4 is 21.8 Å². The van der Waals surface area contributed by atoms with Crippen molar-refractivity contribution in [1.29, 1.82) is 0 Å². The summed E-state index contributed by atoms with van der Waals surface area (Å²) in [5.41, 5.74) is 2.42. The number of nitrogens with one attached hydrogen (secondary N) is 1. The molecular formula is C16H21N. The molecule has 0 fully saturated rings. The molecule has 17 heavy (non-hydrogen) atoms. The molecule has 0 aliphatic rings. The van der Waals surface area contributed by atoms with Gasteiger partial charge in [-0.2, -0.15) is 0 Å². The Morgan fingerprint density at radius 3 is 1.35 bits per heavy atom. The van der Waals surface area contributed by atoms with E-state index in [0.717, 1.165) is 0 Å². The topological polar surface area (TPSA) is 15.8 Å². The second-order valence-corrected chi connectivity index (χ2v) is 3.22. The Morgan fingerprint density at radius 1 is 0.588 bits per heavy atom. The minimum Gasteiger partial charge on any atom is -0.355 e. The third-order valence-electron chi connectivity index (χ3n) is 2.41. The summed E-state index contributed by atoms with van der Waals surface area (Å²) in [5, 5.41) is 2.61. The van der Waals surface area contributed by atoms with Gasteiger partial charge in [0, 0.05) is 21.8 Å². The van der Waals surface area contributed by atoms with Crippen LogP contribution in [0.2, 0.25) is 0 Å². The number of hydrogen-bond acceptors (Lipinski definition) is 0. The third kappa shape index (κ3) is 2.68. The molecule has 3 aromatic rings. The summed E-state index contributed by atoms with van der Waals surface area (Å²) in [7, 11) is 0. The van der Waals surface area contributed by atoms with Crippen LogP contribution in [0.1, 0.15) is 27.7 Å². The Balaban J connectivity index is 0.000000330. The van der Waals surface area contributed by atoms with E-state index >= 15 is 0 Å². The van der Waals surface area contributed by atoms with E-state index in [-0.39, 0.29) is 0 Å². The molecule has 0 saturated heterocycles. The first-order valence-corrected chi connectivity index (χ1v) is 6.40. The van der Waals surface area contributed by atoms with Gasteiger partial charge in [-0.1, -0.05) is 64.1 Å². The fourth-order valence-electron chi connectivity index (χ4n) is 1.80. The van der Waals surface area contributed by atoms with Gasteiger partial charge >= 0.3 is 0 Å². The lowest BCUT2D eigenvalue weighted by Gasteiger charge is -1.87. The molecule has 3 rings (SSSR count). The zero-order valence-corrected chi connectivity index (χ0v) is 11.1. The molecule has 0 unspecified atom stereocenters. The standard InChI is InChI=1S/C12H9N.2C2H6/c1-3-7-11-9(5-1)10-6-2-4-8-12(10)13-11;2*1-2/h1-8,13H;2*1-2H3. The van der Waals surface area contributed by atoms with Crippen molar-refractivity contribution in [2.75, 3.05) is 0 Å². The SMILES string of the molecule is CC.CC.c1ccc2c(c1)[nH]c1ccccc12. The molecule has 2 aromatic carbocycles. The van der Waals surface area contributed by atoms with E-state index in [4.69, 9.17) is 0 Å². The summed E-state index contributed by atoms with van der Waals surface area (Å²) >= 11 is 0. The van der Waals surface area contributed by atoms with Crippen LogP contribution in [-0.2, 0) is 0 Å². The first-order valence-electron chi connectivity index (χ1n) is 6.40. The number of rotatable bonds is 0. The lowest BCUT2D eigenvalue weighted by Crippen LogP contribution is -1.62. The smallest absolute Gasteiger partial charge is 0.0464 e. The highest BCUT2D eigenvalue weighted by molar-refractivity contribution is 6.06. The van der Waals surface area contributed by atoms with Gasteiger partial charge in [-0.3, -0.25) is 0 Å². The highest BCUT2D eigenvalue weighted by atomic mass is 14.7. The molecule has 0 spiro atoms. The Kier molecular flexibility index (Phi) is 5.28. The van der Waals surface area contributed by atoms with Crippen LogP contribution in [0, 0.1) is 0 Å². The number of aromatic nitrogens is 1. The van der Waals surface area contributed by atoms with Crippen molar-refractivity contribution in [2.24, 2.45) is 0 Å². The van der Waals surface area contributed by atoms with E-state index < -0.39 is 0 Å². The fraction of sp³-hybridized carbons (Fsp3) is 0.250. The Morgan fingerprint density at radius 2 is 0.941 bits per heavy atom. The fourth-order valence-corrected chi connectivity index (χ4v) is 1.80. The lowest BCUT2D eigenvalue weighted by molar-refractivity contribution is 1.50. The maximum absolute atomic E-state index is 3.38. The minimum absolute atomic E-state index is 1.21. The van der Waals surface area contributed by atoms with Crippen molar-refractivity contribution in [3.63, 3.8) is 0 Å². The van der Waals surface area contributed by atoms with Crippen LogP contribution in [0.25, 0.3) is 21.8 Å². The van der Waals surface area contributed by atoms with Gasteiger partial charge in [-0.15, -0.1) is 0 Å². The molecule has 1 aromatic heterocycles. The molecule has 0 bridgehead atoms. The van der Waals surface area contributed by atoms with E-state index in [9.17, 15) is 0 Å². The first-order chi connectivity index (χ1) is 8.45. The lowest BCUT2D eigenvalue weighted by atomic mass is 10.2. The average molecular weight is 227 g/mol. The summed E-state index contributed by atoms with van der Waals surface area (Å²) in [4.78, 5) is 3.38. The van der Waals surface area contributed by atoms with Gasteiger partial charge in [0.05, 0.1) is 0 Å². The second-order valence-electron chi connectivity index (χ2n) is 3.22. The van der Waals surface area contributed by atoms with Crippen LogP contribution in [0.5, 0.6) is 0 Å². The molecule has 0 aliphatic carbocycles. The van der Waals surface area contributed by atoms with E-state index in [2.05, 4.69) is 53.5 Å². The summed E-state index contributed by atoms with van der Waals surface area (Å²) < 4.78 is 0. The molecule has 90 valence electrons. The minimum atomic E-state index is 1.21. The maximum Gasteiger partial charge on any atom is 0.0464 e. The number of fused-ring (bicyclic) bond motifs is 3. The van der Waals surface area contributed by atoms with Crippen LogP contribution in [0.4, 0.5) is 0 Å². The van der Waals surface area contributed by atoms with E-state index in [1.165, 1.54) is 21.8 Å². The van der Waals surface area contributed by atoms with E-state index in [0.29, 0.717) is 0 Å². The van der Waals surface area contributed by atoms with Crippen molar-refractivity contribution in [3.8, 4) is 0 Å². The first kappa shape index (κ1) is 13.3. The number of para-hydroxylation sites is 2. The average Bonchev–Trinajstić information content (AvgIpc) is 2.82. The van der Waals surface area contributed by atoms with Crippen molar-refractivity contribution in [1.82, 2.24) is 4.98 Å². The molecule has 1 N–H and O–H groups in total. The molecule has 1 heterocycles. The number of aromatic amines is 1. The van der Waals surface area contributed by atoms with E-state index in [1.54, 1.807) is 0 Å². The predicted octanol–water partition coefficient (Wildman–Crippen LogP) is 5.37. The highest BCUT2D eigenvalue weighted by Gasteiger charge is 2.00. The van der Waals surface area contributed by atoms with Gasteiger partial charge in [0.2, 0.25) is 0 Å². The molecule has 0 atom stereocenters. The monoisotopic (exact) mass is 227 g/mol. The Labute approximate surface area is 103 Å². The largest absolute Gasteiger partial charge is 0.355 e. The number of H-pyrrole nitrogens is 1. The van der Waals surface area contributed by atoms with Gasteiger partial charge in [0.1, 0.15) is 0 Å². The normalized spacial score (nSPS) is 9.18. The van der Waals surface area contributed by atoms with Crippen molar-refractivity contribution < 1.29 is 0 Å². The Hall–Kier alpha value is -1.76. The summed E-state index contributed by atoms with van der Waals surface area (Å²) in [6.45, 7) is 8.00. The van der Waals surface area contributed by atoms with Crippen LogP contribution >= 0.6 is 0 Å². The molecular weight excluding hydrogens is 206 g/mol. The molecule has 0 aliphatic heterocycles. The molecule has 0 saturated carbocycles. The molecule has 0 amide bonds. The van der Waals surface area contributed by atoms with Crippen LogP contribution in [0.3, 0.4) is 0 Å². The van der Waals surface area contributed by atoms with Gasteiger partial charge in [-0.25, -0.2) is 0 Å². The predicted molar refractivity (Wildman–Crippen MR) is 78.5 cm³/mol. The number of benzene rings is 2. The summed E-state index contributed by atoms with van der Waals surface area (Å²) in [6, 6.07) is 16.8. The van der Waals surface area contributed by atoms with Crippen LogP contribution in [-0.4, -0.2) is 4.98 Å². The van der Waals surface area contributed by atoms with Crippen molar-refractivity contribution in [3.05, 3.63) is 48.5 Å². The molecule has 0 radical (unpaired) electrons. The molecule has 1 nitrogen and oxygen atoms in total. The van der Waals surface area contributed by atoms with Gasteiger partial charge < -0.3 is 4.98 Å². The molecule has 1 heteroatoms. The maximum atomic E-state index is 3.38. The summed E-state index contributed by atoms with van der Waals surface area (Å²) in [5.74, 6) is 0. The van der Waals surface area contributed by atoms with E-state index in [1.807, 2.05) is 27.7 Å². The van der Waals surface area contributed by atoms with Gasteiger partial charge in [0.25, 0.3) is 0 Å². The van der Waals surface area contributed by atoms with Gasteiger partial charge in [-0.05, 0) is 12.1 Å². The third-order valence-corrected chi connectivity index (χ3v) is 2.41. The van der Waals surface area contributed by atoms with Crippen molar-refractivity contribution in [2.45, 2.75) is 27.7 Å². The van der Waals surface area contributed by atoms with Gasteiger partial charge in [0.15, 0.2) is 0 Å². The zero-order valence-electron chi connectivity index (χ0n) is 11.1. The second kappa shape index (κ2) is 6.74. The van der Waals surface area contributed by atoms with Crippen LogP contribution < -0.4 is 0 Å². The Bertz CT molecular complexity index is 513.